The number of rotatable bonds is 2. The van der Waals surface area contributed by atoms with Crippen molar-refractivity contribution < 1.29 is 14.3 Å². The lowest BCUT2D eigenvalue weighted by molar-refractivity contribution is 0.0520. The molecule has 0 bridgehead atoms. The molecule has 1 amide bonds. The number of carbonyl (C=O) groups excluding carboxylic acids is 2. The molecule has 1 aliphatic rings. The topological polar surface area (TPSA) is 88.3 Å². The molecule has 3 rings (SSSR count). The quantitative estimate of drug-likeness (QED) is 0.826. The lowest BCUT2D eigenvalue weighted by Crippen LogP contribution is -2.26. The number of anilines is 1. The van der Waals surface area contributed by atoms with Crippen LogP contribution < -0.4 is 10.9 Å². The van der Waals surface area contributed by atoms with Crippen LogP contribution in [0.25, 0.3) is 0 Å². The molecule has 0 radical (unpaired) electrons. The second-order valence-electron chi connectivity index (χ2n) is 4.93. The number of H-pyrrole nitrogens is 1. The molecule has 118 valence electrons. The number of ether oxygens (including phenoxy) is 1. The second-order valence-corrected chi connectivity index (χ2v) is 5.98. The van der Waals surface area contributed by atoms with Gasteiger partial charge in [-0.1, -0.05) is 23.9 Å². The van der Waals surface area contributed by atoms with Crippen molar-refractivity contribution in [3.8, 4) is 0 Å². The van der Waals surface area contributed by atoms with Crippen LogP contribution in [0.4, 0.5) is 5.69 Å². The first-order valence-corrected chi connectivity index (χ1v) is 7.86. The highest BCUT2D eigenvalue weighted by atomic mass is 32.2. The fraction of sp³-hybridized carbons (Fsp3) is 0.188. The number of carbonyl (C=O) groups is 2. The Morgan fingerprint density at radius 1 is 1.26 bits per heavy atom. The number of pyridine rings is 1. The number of esters is 1. The van der Waals surface area contributed by atoms with E-state index in [4.69, 9.17) is 4.74 Å². The molecule has 2 aromatic rings. The van der Waals surface area contributed by atoms with Crippen molar-refractivity contribution in [2.24, 2.45) is 0 Å². The van der Waals surface area contributed by atoms with Crippen LogP contribution in [0.5, 0.6) is 0 Å². The van der Waals surface area contributed by atoms with Crippen LogP contribution in [0.2, 0.25) is 0 Å². The summed E-state index contributed by atoms with van der Waals surface area (Å²) in [6, 6.07) is 7.18. The number of benzene rings is 1. The van der Waals surface area contributed by atoms with Gasteiger partial charge in [0.05, 0.1) is 17.9 Å². The van der Waals surface area contributed by atoms with E-state index in [1.165, 1.54) is 11.8 Å². The zero-order valence-electron chi connectivity index (χ0n) is 12.6. The number of aryl methyl sites for hydroxylation is 1. The lowest BCUT2D eigenvalue weighted by Gasteiger charge is -2.12. The van der Waals surface area contributed by atoms with Crippen molar-refractivity contribution in [1.29, 1.82) is 0 Å². The average Bonchev–Trinajstić information content (AvgIpc) is 2.63. The number of nitrogens with one attached hydrogen (secondary N) is 2. The third kappa shape index (κ3) is 2.63. The number of amides is 1. The fourth-order valence-corrected chi connectivity index (χ4v) is 3.63. The highest BCUT2D eigenvalue weighted by molar-refractivity contribution is 7.99. The zero-order chi connectivity index (χ0) is 16.6. The Hall–Kier alpha value is -2.54. The van der Waals surface area contributed by atoms with Gasteiger partial charge in [0.15, 0.2) is 0 Å². The Labute approximate surface area is 136 Å². The molecular formula is C16H14N2O4S. The van der Waals surface area contributed by atoms with Crippen LogP contribution >= 0.6 is 11.8 Å². The highest BCUT2D eigenvalue weighted by Crippen LogP contribution is 2.40. The van der Waals surface area contributed by atoms with Gasteiger partial charge in [-0.3, -0.25) is 9.59 Å². The number of aromatic nitrogens is 1. The van der Waals surface area contributed by atoms with Crippen LogP contribution in [0, 0.1) is 6.92 Å². The summed E-state index contributed by atoms with van der Waals surface area (Å²) < 4.78 is 5.07. The summed E-state index contributed by atoms with van der Waals surface area (Å²) in [5.41, 5.74) is 0.610. The first-order chi connectivity index (χ1) is 11.0. The zero-order valence-corrected chi connectivity index (χ0v) is 13.4. The summed E-state index contributed by atoms with van der Waals surface area (Å²) in [7, 11) is 0. The molecule has 0 spiro atoms. The van der Waals surface area contributed by atoms with Gasteiger partial charge >= 0.3 is 5.97 Å². The van der Waals surface area contributed by atoms with Crippen LogP contribution in [0.3, 0.4) is 0 Å². The van der Waals surface area contributed by atoms with Crippen LogP contribution in [-0.2, 0) is 4.74 Å². The Morgan fingerprint density at radius 3 is 2.74 bits per heavy atom. The largest absolute Gasteiger partial charge is 0.462 e. The molecule has 0 saturated heterocycles. The molecule has 0 saturated carbocycles. The Kier molecular flexibility index (Phi) is 3.96. The number of para-hydroxylation sites is 1. The Balaban J connectivity index is 2.28. The Bertz CT molecular complexity index is 873. The molecule has 6 nitrogen and oxygen atoms in total. The van der Waals surface area contributed by atoms with Crippen molar-refractivity contribution in [1.82, 2.24) is 4.98 Å². The van der Waals surface area contributed by atoms with E-state index in [9.17, 15) is 14.4 Å². The molecule has 23 heavy (non-hydrogen) atoms. The van der Waals surface area contributed by atoms with Gasteiger partial charge in [0, 0.05) is 15.5 Å². The maximum atomic E-state index is 12.4. The molecule has 0 atom stereocenters. The average molecular weight is 330 g/mol. The van der Waals surface area contributed by atoms with E-state index in [0.717, 1.165) is 4.90 Å². The van der Waals surface area contributed by atoms with Crippen molar-refractivity contribution >= 4 is 29.3 Å². The first-order valence-electron chi connectivity index (χ1n) is 7.05. The monoisotopic (exact) mass is 330 g/mol. The van der Waals surface area contributed by atoms with Crippen molar-refractivity contribution in [2.45, 2.75) is 23.6 Å². The maximum absolute atomic E-state index is 12.4. The van der Waals surface area contributed by atoms with Gasteiger partial charge in [0.2, 0.25) is 0 Å². The van der Waals surface area contributed by atoms with E-state index in [1.807, 2.05) is 12.1 Å². The minimum Gasteiger partial charge on any atom is -0.462 e. The molecule has 1 aliphatic heterocycles. The fourth-order valence-electron chi connectivity index (χ4n) is 2.40. The molecule has 0 unspecified atom stereocenters. The number of hydrogen-bond donors (Lipinski definition) is 2. The second kappa shape index (κ2) is 5.92. The summed E-state index contributed by atoms with van der Waals surface area (Å²) >= 11 is 1.21. The molecular weight excluding hydrogens is 316 g/mol. The highest BCUT2D eigenvalue weighted by Gasteiger charge is 2.29. The molecule has 1 aromatic carbocycles. The van der Waals surface area contributed by atoms with Gasteiger partial charge in [0.25, 0.3) is 11.5 Å². The number of hydrogen-bond acceptors (Lipinski definition) is 5. The normalized spacial score (nSPS) is 12.7. The number of aromatic amines is 1. The minimum absolute atomic E-state index is 0.0696. The first kappa shape index (κ1) is 15.4. The SMILES string of the molecule is CCOC(=O)c1c(C)[nH]c(=O)c2c1Sc1ccccc1NC2=O. The van der Waals surface area contributed by atoms with Gasteiger partial charge in [-0.15, -0.1) is 0 Å². The molecule has 7 heteroatoms. The van der Waals surface area contributed by atoms with Gasteiger partial charge < -0.3 is 15.0 Å². The van der Waals surface area contributed by atoms with Crippen LogP contribution in [0.1, 0.15) is 33.3 Å². The van der Waals surface area contributed by atoms with E-state index < -0.39 is 17.4 Å². The maximum Gasteiger partial charge on any atom is 0.341 e. The number of fused-ring (bicyclic) bond motifs is 2. The third-order valence-corrected chi connectivity index (χ3v) is 4.60. The summed E-state index contributed by atoms with van der Waals surface area (Å²) in [4.78, 5) is 40.6. The van der Waals surface area contributed by atoms with Crippen molar-refractivity contribution in [3.63, 3.8) is 0 Å². The van der Waals surface area contributed by atoms with E-state index in [-0.39, 0.29) is 17.7 Å². The van der Waals surface area contributed by atoms with Crippen LogP contribution in [-0.4, -0.2) is 23.5 Å². The molecule has 0 fully saturated rings. The predicted octanol–water partition coefficient (Wildman–Crippen LogP) is 2.58. The minimum atomic E-state index is -0.558. The Morgan fingerprint density at radius 2 is 2.00 bits per heavy atom. The van der Waals surface area contributed by atoms with Gasteiger partial charge in [-0.05, 0) is 26.0 Å². The van der Waals surface area contributed by atoms with Gasteiger partial charge in [-0.25, -0.2) is 4.79 Å². The molecule has 1 aromatic heterocycles. The molecule has 2 heterocycles. The van der Waals surface area contributed by atoms with E-state index >= 15 is 0 Å². The van der Waals surface area contributed by atoms with Gasteiger partial charge in [-0.2, -0.15) is 0 Å². The predicted molar refractivity (Wildman–Crippen MR) is 86.3 cm³/mol. The smallest absolute Gasteiger partial charge is 0.341 e. The standard InChI is InChI=1S/C16H14N2O4S/c1-3-22-16(21)11-8(2)17-14(19)12-13(11)23-10-7-5-4-6-9(10)18-15(12)20/h4-7H,3H2,1-2H3,(H,17,19)(H,18,20). The summed E-state index contributed by atoms with van der Waals surface area (Å²) in [6.45, 7) is 3.52. The molecule has 2 N–H and O–H groups in total. The van der Waals surface area contributed by atoms with Crippen molar-refractivity contribution in [3.05, 3.63) is 51.4 Å². The van der Waals surface area contributed by atoms with E-state index in [2.05, 4.69) is 10.3 Å². The van der Waals surface area contributed by atoms with E-state index in [1.54, 1.807) is 26.0 Å². The van der Waals surface area contributed by atoms with E-state index in [0.29, 0.717) is 16.3 Å². The third-order valence-electron chi connectivity index (χ3n) is 3.41. The van der Waals surface area contributed by atoms with Gasteiger partial charge in [0.1, 0.15) is 5.56 Å². The summed E-state index contributed by atoms with van der Waals surface area (Å²) in [5.74, 6) is -1.10. The summed E-state index contributed by atoms with van der Waals surface area (Å²) in [5, 5.41) is 2.71. The lowest BCUT2D eigenvalue weighted by atomic mass is 10.1. The van der Waals surface area contributed by atoms with Crippen LogP contribution in [0.15, 0.2) is 38.9 Å². The van der Waals surface area contributed by atoms with Crippen molar-refractivity contribution in [2.75, 3.05) is 11.9 Å². The molecule has 0 aliphatic carbocycles. The summed E-state index contributed by atoms with van der Waals surface area (Å²) in [6.07, 6.45) is 0.